The van der Waals surface area contributed by atoms with Crippen LogP contribution in [0.15, 0.2) is 18.2 Å². The van der Waals surface area contributed by atoms with Gasteiger partial charge in [0, 0.05) is 12.2 Å². The number of halogens is 1. The summed E-state index contributed by atoms with van der Waals surface area (Å²) in [6.45, 7) is 2.34. The highest BCUT2D eigenvalue weighted by molar-refractivity contribution is 6.06. The van der Waals surface area contributed by atoms with E-state index in [1.165, 1.54) is 11.0 Å². The molecule has 2 aliphatic rings. The number of aryl methyl sites for hydroxylation is 1. The highest BCUT2D eigenvalue weighted by Gasteiger charge is 2.40. The number of benzene rings is 1. The average molecular weight is 276 g/mol. The molecule has 2 fully saturated rings. The van der Waals surface area contributed by atoms with Crippen LogP contribution in [0, 0.1) is 12.7 Å². The summed E-state index contributed by atoms with van der Waals surface area (Å²) < 4.78 is 13.7. The van der Waals surface area contributed by atoms with Gasteiger partial charge in [-0.25, -0.2) is 4.39 Å². The molecule has 2 aliphatic heterocycles. The molecule has 1 unspecified atom stereocenters. The number of piperazine rings is 1. The smallest absolute Gasteiger partial charge is 0.250 e. The highest BCUT2D eigenvalue weighted by Crippen LogP contribution is 2.27. The maximum Gasteiger partial charge on any atom is 0.250 e. The lowest BCUT2D eigenvalue weighted by atomic mass is 9.98. The number of nitrogens with zero attached hydrogens (tertiary/aromatic N) is 2. The summed E-state index contributed by atoms with van der Waals surface area (Å²) in [5.74, 6) is -0.489. The molecule has 0 radical (unpaired) electrons. The van der Waals surface area contributed by atoms with Crippen LogP contribution in [0.2, 0.25) is 0 Å². The predicted molar refractivity (Wildman–Crippen MR) is 72.8 cm³/mol. The molecule has 2 heterocycles. The normalized spacial score (nSPS) is 23.0. The number of hydrogen-bond acceptors (Lipinski definition) is 2. The lowest BCUT2D eigenvalue weighted by Gasteiger charge is -2.42. The second-order valence-electron chi connectivity index (χ2n) is 5.46. The predicted octanol–water partition coefficient (Wildman–Crippen LogP) is 1.86. The third kappa shape index (κ3) is 2.07. The van der Waals surface area contributed by atoms with E-state index in [-0.39, 0.29) is 30.2 Å². The van der Waals surface area contributed by atoms with E-state index in [1.54, 1.807) is 24.0 Å². The lowest BCUT2D eigenvalue weighted by Crippen LogP contribution is -2.61. The van der Waals surface area contributed by atoms with Crippen molar-refractivity contribution in [2.24, 2.45) is 0 Å². The summed E-state index contributed by atoms with van der Waals surface area (Å²) in [4.78, 5) is 27.7. The topological polar surface area (TPSA) is 40.6 Å². The Labute approximate surface area is 117 Å². The number of piperidine rings is 1. The van der Waals surface area contributed by atoms with Gasteiger partial charge in [-0.3, -0.25) is 9.59 Å². The molecule has 20 heavy (non-hydrogen) atoms. The maximum atomic E-state index is 13.7. The number of carbonyl (C=O) groups is 2. The van der Waals surface area contributed by atoms with Gasteiger partial charge in [0.2, 0.25) is 11.8 Å². The molecule has 5 heteroatoms. The fourth-order valence-electron chi connectivity index (χ4n) is 2.94. The van der Waals surface area contributed by atoms with Crippen LogP contribution >= 0.6 is 0 Å². The molecule has 1 aromatic rings. The van der Waals surface area contributed by atoms with Gasteiger partial charge >= 0.3 is 0 Å². The van der Waals surface area contributed by atoms with Gasteiger partial charge in [-0.05, 0) is 43.9 Å². The fourth-order valence-corrected chi connectivity index (χ4v) is 2.94. The van der Waals surface area contributed by atoms with E-state index in [0.29, 0.717) is 24.2 Å². The zero-order valence-corrected chi connectivity index (χ0v) is 11.4. The van der Waals surface area contributed by atoms with Crippen LogP contribution in [0.5, 0.6) is 0 Å². The van der Waals surface area contributed by atoms with E-state index in [9.17, 15) is 14.0 Å². The first-order valence-electron chi connectivity index (χ1n) is 6.95. The molecule has 0 aliphatic carbocycles. The second kappa shape index (κ2) is 4.89. The van der Waals surface area contributed by atoms with Crippen LogP contribution in [-0.2, 0) is 9.59 Å². The molecule has 0 spiro atoms. The van der Waals surface area contributed by atoms with Crippen LogP contribution in [0.4, 0.5) is 10.1 Å². The van der Waals surface area contributed by atoms with Crippen molar-refractivity contribution in [2.45, 2.75) is 32.2 Å². The van der Waals surface area contributed by atoms with E-state index in [2.05, 4.69) is 0 Å². The van der Waals surface area contributed by atoms with Gasteiger partial charge in [-0.2, -0.15) is 0 Å². The van der Waals surface area contributed by atoms with Gasteiger partial charge in [0.15, 0.2) is 0 Å². The van der Waals surface area contributed by atoms with Gasteiger partial charge in [0.05, 0.1) is 0 Å². The fraction of sp³-hybridized carbons (Fsp3) is 0.467. The summed E-state index contributed by atoms with van der Waals surface area (Å²) in [7, 11) is 0. The minimum absolute atomic E-state index is 0.0117. The molecule has 1 aromatic carbocycles. The van der Waals surface area contributed by atoms with E-state index in [4.69, 9.17) is 0 Å². The number of rotatable bonds is 1. The Bertz CT molecular complexity index is 573. The van der Waals surface area contributed by atoms with Gasteiger partial charge in [-0.15, -0.1) is 0 Å². The lowest BCUT2D eigenvalue weighted by molar-refractivity contribution is -0.144. The van der Waals surface area contributed by atoms with Crippen molar-refractivity contribution in [2.75, 3.05) is 18.0 Å². The minimum Gasteiger partial charge on any atom is -0.329 e. The number of amides is 2. The quantitative estimate of drug-likeness (QED) is 0.785. The maximum absolute atomic E-state index is 13.7. The molecular formula is C15H17FN2O2. The van der Waals surface area contributed by atoms with Crippen molar-refractivity contribution >= 4 is 17.5 Å². The molecule has 4 nitrogen and oxygen atoms in total. The first kappa shape index (κ1) is 13.1. The van der Waals surface area contributed by atoms with Crippen LogP contribution in [-0.4, -0.2) is 35.8 Å². The number of anilines is 1. The molecule has 0 aromatic heterocycles. The molecule has 2 amide bonds. The molecule has 3 rings (SSSR count). The van der Waals surface area contributed by atoms with Gasteiger partial charge in [0.1, 0.15) is 18.4 Å². The van der Waals surface area contributed by atoms with Crippen molar-refractivity contribution in [3.05, 3.63) is 29.6 Å². The molecule has 2 saturated heterocycles. The zero-order valence-electron chi connectivity index (χ0n) is 11.4. The number of fused-ring (bicyclic) bond motifs is 1. The summed E-state index contributed by atoms with van der Waals surface area (Å²) in [5.41, 5.74) is 1.00. The van der Waals surface area contributed by atoms with Crippen molar-refractivity contribution in [1.82, 2.24) is 4.90 Å². The summed E-state index contributed by atoms with van der Waals surface area (Å²) in [6, 6.07) is 4.30. The van der Waals surface area contributed by atoms with Crippen LogP contribution in [0.1, 0.15) is 24.8 Å². The molecule has 0 saturated carbocycles. The van der Waals surface area contributed by atoms with Gasteiger partial charge in [-0.1, -0.05) is 6.07 Å². The third-order valence-corrected chi connectivity index (χ3v) is 4.13. The Morgan fingerprint density at radius 3 is 2.80 bits per heavy atom. The number of hydrogen-bond donors (Lipinski definition) is 0. The average Bonchev–Trinajstić information content (AvgIpc) is 2.46. The molecule has 1 atom stereocenters. The second-order valence-corrected chi connectivity index (χ2v) is 5.46. The Morgan fingerprint density at radius 2 is 2.05 bits per heavy atom. The molecular weight excluding hydrogens is 259 g/mol. The first-order chi connectivity index (χ1) is 9.58. The van der Waals surface area contributed by atoms with Crippen molar-refractivity contribution in [1.29, 1.82) is 0 Å². The van der Waals surface area contributed by atoms with E-state index in [0.717, 1.165) is 12.8 Å². The summed E-state index contributed by atoms with van der Waals surface area (Å²) in [6.07, 6.45) is 2.61. The standard InChI is InChI=1S/C15H17FN2O2/c1-10-5-6-11(8-12(10)16)18-9-14(19)17-7-3-2-4-13(17)15(18)20/h5-6,8,13H,2-4,7,9H2,1H3. The van der Waals surface area contributed by atoms with Crippen LogP contribution in [0.3, 0.4) is 0 Å². The minimum atomic E-state index is -0.366. The van der Waals surface area contributed by atoms with E-state index >= 15 is 0 Å². The largest absolute Gasteiger partial charge is 0.329 e. The van der Waals surface area contributed by atoms with E-state index < -0.39 is 0 Å². The Morgan fingerprint density at radius 1 is 1.25 bits per heavy atom. The highest BCUT2D eigenvalue weighted by atomic mass is 19.1. The zero-order chi connectivity index (χ0) is 14.3. The van der Waals surface area contributed by atoms with Gasteiger partial charge < -0.3 is 9.80 Å². The Balaban J connectivity index is 1.92. The van der Waals surface area contributed by atoms with Crippen molar-refractivity contribution in [3.8, 4) is 0 Å². The van der Waals surface area contributed by atoms with Crippen LogP contribution in [0.25, 0.3) is 0 Å². The van der Waals surface area contributed by atoms with Gasteiger partial charge in [0.25, 0.3) is 0 Å². The Hall–Kier alpha value is -1.91. The number of carbonyl (C=O) groups excluding carboxylic acids is 2. The molecule has 0 N–H and O–H groups in total. The summed E-state index contributed by atoms with van der Waals surface area (Å²) >= 11 is 0. The Kier molecular flexibility index (Phi) is 3.20. The SMILES string of the molecule is Cc1ccc(N2CC(=O)N3CCCCC3C2=O)cc1F. The molecule has 106 valence electrons. The summed E-state index contributed by atoms with van der Waals surface area (Å²) in [5, 5.41) is 0. The first-order valence-corrected chi connectivity index (χ1v) is 6.95. The molecule has 0 bridgehead atoms. The van der Waals surface area contributed by atoms with Crippen molar-refractivity contribution < 1.29 is 14.0 Å². The van der Waals surface area contributed by atoms with Crippen LogP contribution < -0.4 is 4.90 Å². The third-order valence-electron chi connectivity index (χ3n) is 4.13. The van der Waals surface area contributed by atoms with Crippen molar-refractivity contribution in [3.63, 3.8) is 0 Å². The van der Waals surface area contributed by atoms with E-state index in [1.807, 2.05) is 0 Å². The monoisotopic (exact) mass is 276 g/mol.